The van der Waals surface area contributed by atoms with Gasteiger partial charge in [-0.15, -0.1) is 6.58 Å². The molecular weight excluding hydrogens is 172 g/mol. The minimum absolute atomic E-state index is 0.286. The molecule has 1 aliphatic carbocycles. The van der Waals surface area contributed by atoms with Gasteiger partial charge < -0.3 is 0 Å². The van der Waals surface area contributed by atoms with Crippen LogP contribution in [0.25, 0.3) is 0 Å². The molecule has 0 saturated carbocycles. The van der Waals surface area contributed by atoms with E-state index in [1.165, 1.54) is 5.57 Å². The Balaban J connectivity index is 2.44. The highest BCUT2D eigenvalue weighted by molar-refractivity contribution is 5.95. The Bertz CT molecular complexity index is 284. The second-order valence-electron chi connectivity index (χ2n) is 3.96. The average Bonchev–Trinajstić information content (AvgIpc) is 2.62. The number of carbonyl (C=O) groups excluding carboxylic acids is 1. The number of allylic oxidation sites excluding steroid dienone is 4. The maximum Gasteiger partial charge on any atom is 0.158 e. The second-order valence-corrected chi connectivity index (χ2v) is 3.96. The molecule has 0 saturated heterocycles. The fourth-order valence-corrected chi connectivity index (χ4v) is 1.71. The summed E-state index contributed by atoms with van der Waals surface area (Å²) in [7, 11) is 0. The fraction of sp³-hybridized carbons (Fsp3) is 0.462. The quantitative estimate of drug-likeness (QED) is 0.607. The highest BCUT2D eigenvalue weighted by Crippen LogP contribution is 2.30. The number of hydrogen-bond donors (Lipinski definition) is 0. The molecule has 0 bridgehead atoms. The third-order valence-corrected chi connectivity index (χ3v) is 2.75. The summed E-state index contributed by atoms with van der Waals surface area (Å²) >= 11 is 0. The standard InChI is InChI=1S/C13H18O/c1-4-5-6-13(14)12-8-7-11(9-12)10(2)3/h4,8,11H,1-2,5-7,9H2,3H3/t11-/m0/s1. The molecular formula is C13H18O. The van der Waals surface area contributed by atoms with Gasteiger partial charge in [-0.05, 0) is 37.7 Å². The van der Waals surface area contributed by atoms with Gasteiger partial charge >= 0.3 is 0 Å². The van der Waals surface area contributed by atoms with E-state index in [1.807, 2.05) is 6.92 Å². The molecule has 0 spiro atoms. The smallest absolute Gasteiger partial charge is 0.158 e. The molecule has 0 fully saturated rings. The fourth-order valence-electron chi connectivity index (χ4n) is 1.71. The second kappa shape index (κ2) is 4.94. The molecule has 14 heavy (non-hydrogen) atoms. The summed E-state index contributed by atoms with van der Waals surface area (Å²) in [5.74, 6) is 0.784. The van der Waals surface area contributed by atoms with Crippen molar-refractivity contribution in [3.05, 3.63) is 36.5 Å². The van der Waals surface area contributed by atoms with Crippen LogP contribution >= 0.6 is 0 Å². The average molecular weight is 190 g/mol. The van der Waals surface area contributed by atoms with E-state index in [1.54, 1.807) is 6.08 Å². The molecule has 0 aromatic carbocycles. The van der Waals surface area contributed by atoms with Crippen LogP contribution in [0.1, 0.15) is 32.6 Å². The molecule has 1 rings (SSSR count). The molecule has 1 nitrogen and oxygen atoms in total. The van der Waals surface area contributed by atoms with E-state index in [-0.39, 0.29) is 5.78 Å². The summed E-state index contributed by atoms with van der Waals surface area (Å²) in [6, 6.07) is 0. The van der Waals surface area contributed by atoms with Crippen LogP contribution in [0.5, 0.6) is 0 Å². The SMILES string of the molecule is C=CCCC(=O)C1=CC[C@H](C(=C)C)C1. The first-order chi connectivity index (χ1) is 6.65. The lowest BCUT2D eigenvalue weighted by Crippen LogP contribution is -2.02. The van der Waals surface area contributed by atoms with Crippen molar-refractivity contribution in [2.45, 2.75) is 32.6 Å². The van der Waals surface area contributed by atoms with E-state index < -0.39 is 0 Å². The molecule has 0 amide bonds. The Morgan fingerprint density at radius 1 is 1.71 bits per heavy atom. The van der Waals surface area contributed by atoms with E-state index in [0.717, 1.165) is 24.8 Å². The van der Waals surface area contributed by atoms with E-state index in [4.69, 9.17) is 0 Å². The maximum atomic E-state index is 11.6. The van der Waals surface area contributed by atoms with Crippen molar-refractivity contribution in [3.63, 3.8) is 0 Å². The monoisotopic (exact) mass is 190 g/mol. The third kappa shape index (κ3) is 2.69. The summed E-state index contributed by atoms with van der Waals surface area (Å²) < 4.78 is 0. The topological polar surface area (TPSA) is 17.1 Å². The van der Waals surface area contributed by atoms with Crippen molar-refractivity contribution in [2.24, 2.45) is 5.92 Å². The number of rotatable bonds is 5. The lowest BCUT2D eigenvalue weighted by molar-refractivity contribution is -0.115. The lowest BCUT2D eigenvalue weighted by atomic mass is 9.96. The molecule has 1 heteroatoms. The molecule has 0 unspecified atom stereocenters. The van der Waals surface area contributed by atoms with Crippen LogP contribution < -0.4 is 0 Å². The Morgan fingerprint density at radius 2 is 2.43 bits per heavy atom. The van der Waals surface area contributed by atoms with E-state index >= 15 is 0 Å². The summed E-state index contributed by atoms with van der Waals surface area (Å²) in [6.07, 6.45) is 7.15. The molecule has 0 aromatic heterocycles. The third-order valence-electron chi connectivity index (χ3n) is 2.75. The summed E-state index contributed by atoms with van der Waals surface area (Å²) in [4.78, 5) is 11.6. The molecule has 0 aromatic rings. The summed E-state index contributed by atoms with van der Waals surface area (Å²) in [5, 5.41) is 0. The molecule has 76 valence electrons. The first-order valence-corrected chi connectivity index (χ1v) is 5.13. The van der Waals surface area contributed by atoms with Crippen LogP contribution in [0.4, 0.5) is 0 Å². The van der Waals surface area contributed by atoms with E-state index in [2.05, 4.69) is 19.2 Å². The predicted octanol–water partition coefficient (Wildman–Crippen LogP) is 3.43. The minimum atomic E-state index is 0.286. The van der Waals surface area contributed by atoms with Crippen molar-refractivity contribution < 1.29 is 4.79 Å². The zero-order chi connectivity index (χ0) is 10.6. The van der Waals surface area contributed by atoms with Crippen LogP contribution in [-0.2, 0) is 4.79 Å². The Labute approximate surface area is 86.2 Å². The van der Waals surface area contributed by atoms with Gasteiger partial charge in [0.05, 0.1) is 0 Å². The highest BCUT2D eigenvalue weighted by atomic mass is 16.1. The summed E-state index contributed by atoms with van der Waals surface area (Å²) in [5.41, 5.74) is 2.19. The number of ketones is 1. The maximum absolute atomic E-state index is 11.6. The normalized spacial score (nSPS) is 20.4. The van der Waals surface area contributed by atoms with Gasteiger partial charge in [0, 0.05) is 6.42 Å². The lowest BCUT2D eigenvalue weighted by Gasteiger charge is -2.08. The number of hydrogen-bond acceptors (Lipinski definition) is 1. The molecule has 1 atom stereocenters. The van der Waals surface area contributed by atoms with Crippen LogP contribution in [0.2, 0.25) is 0 Å². The van der Waals surface area contributed by atoms with Gasteiger partial charge in [0.25, 0.3) is 0 Å². The van der Waals surface area contributed by atoms with Crippen molar-refractivity contribution in [2.75, 3.05) is 0 Å². The molecule has 1 aliphatic rings. The van der Waals surface area contributed by atoms with Crippen LogP contribution in [0.3, 0.4) is 0 Å². The number of Topliss-reactive ketones (excluding diaryl/α,β-unsaturated/α-hetero) is 1. The first kappa shape index (κ1) is 11.0. The Morgan fingerprint density at radius 3 is 2.93 bits per heavy atom. The van der Waals surface area contributed by atoms with Gasteiger partial charge in [0.1, 0.15) is 0 Å². The van der Waals surface area contributed by atoms with E-state index in [9.17, 15) is 4.79 Å². The van der Waals surface area contributed by atoms with Crippen molar-refractivity contribution in [3.8, 4) is 0 Å². The van der Waals surface area contributed by atoms with Gasteiger partial charge in [0.15, 0.2) is 5.78 Å². The molecule has 0 aliphatic heterocycles. The van der Waals surface area contributed by atoms with Gasteiger partial charge in [-0.1, -0.05) is 24.3 Å². The van der Waals surface area contributed by atoms with Crippen molar-refractivity contribution in [1.29, 1.82) is 0 Å². The molecule has 0 heterocycles. The minimum Gasteiger partial charge on any atom is -0.295 e. The van der Waals surface area contributed by atoms with Crippen LogP contribution in [0.15, 0.2) is 36.5 Å². The summed E-state index contributed by atoms with van der Waals surface area (Å²) in [6.45, 7) is 9.59. The molecule has 0 N–H and O–H groups in total. The van der Waals surface area contributed by atoms with Gasteiger partial charge in [-0.25, -0.2) is 0 Å². The zero-order valence-corrected chi connectivity index (χ0v) is 8.88. The Kier molecular flexibility index (Phi) is 3.87. The van der Waals surface area contributed by atoms with E-state index in [0.29, 0.717) is 12.3 Å². The van der Waals surface area contributed by atoms with Crippen LogP contribution in [0, 0.1) is 5.92 Å². The first-order valence-electron chi connectivity index (χ1n) is 5.13. The van der Waals surface area contributed by atoms with Crippen LogP contribution in [-0.4, -0.2) is 5.78 Å². The largest absolute Gasteiger partial charge is 0.295 e. The van der Waals surface area contributed by atoms with Crippen molar-refractivity contribution in [1.82, 2.24) is 0 Å². The molecule has 0 radical (unpaired) electrons. The highest BCUT2D eigenvalue weighted by Gasteiger charge is 2.21. The predicted molar refractivity (Wildman–Crippen MR) is 60.1 cm³/mol. The van der Waals surface area contributed by atoms with Gasteiger partial charge in [-0.3, -0.25) is 4.79 Å². The Hall–Kier alpha value is -1.11. The van der Waals surface area contributed by atoms with Gasteiger partial charge in [0.2, 0.25) is 0 Å². The van der Waals surface area contributed by atoms with Crippen molar-refractivity contribution >= 4 is 5.78 Å². The number of carbonyl (C=O) groups is 1. The zero-order valence-electron chi connectivity index (χ0n) is 8.88. The van der Waals surface area contributed by atoms with Gasteiger partial charge in [-0.2, -0.15) is 0 Å².